The minimum atomic E-state index is 0.397. The Balaban J connectivity index is 1.92. The third-order valence-corrected chi connectivity index (χ3v) is 3.70. The lowest BCUT2D eigenvalue weighted by atomic mass is 9.74. The third-order valence-electron chi connectivity index (χ3n) is 3.70. The number of ether oxygens (including phenoxy) is 2. The Labute approximate surface area is 87.0 Å². The van der Waals surface area contributed by atoms with Crippen LogP contribution in [0, 0.1) is 17.8 Å². The number of fused-ring (bicyclic) bond motifs is 1. The predicted octanol–water partition coefficient (Wildman–Crippen LogP) is 2.82. The van der Waals surface area contributed by atoms with E-state index in [1.807, 2.05) is 0 Å². The summed E-state index contributed by atoms with van der Waals surface area (Å²) < 4.78 is 11.2. The first-order valence-electron chi connectivity index (χ1n) is 5.90. The molecular formula is C12H22O2. The summed E-state index contributed by atoms with van der Waals surface area (Å²) in [5, 5.41) is 0. The van der Waals surface area contributed by atoms with Crippen LogP contribution in [0.25, 0.3) is 0 Å². The van der Waals surface area contributed by atoms with Crippen LogP contribution in [0.15, 0.2) is 0 Å². The van der Waals surface area contributed by atoms with E-state index in [1.165, 1.54) is 19.3 Å². The predicted molar refractivity (Wildman–Crippen MR) is 56.0 cm³/mol. The van der Waals surface area contributed by atoms with E-state index in [2.05, 4.69) is 20.8 Å². The van der Waals surface area contributed by atoms with E-state index < -0.39 is 0 Å². The maximum Gasteiger partial charge on any atom is 0.147 e. The third kappa shape index (κ3) is 2.12. The molecule has 0 radical (unpaired) electrons. The zero-order valence-electron chi connectivity index (χ0n) is 9.53. The van der Waals surface area contributed by atoms with Gasteiger partial charge in [-0.05, 0) is 37.0 Å². The molecule has 1 heterocycles. The molecule has 1 aliphatic heterocycles. The van der Waals surface area contributed by atoms with Gasteiger partial charge in [0.05, 0.1) is 12.2 Å². The quantitative estimate of drug-likeness (QED) is 0.679. The molecule has 0 amide bonds. The van der Waals surface area contributed by atoms with Crippen molar-refractivity contribution >= 4 is 0 Å². The van der Waals surface area contributed by atoms with Gasteiger partial charge in [-0.3, -0.25) is 0 Å². The SMILES string of the molecule is CC(C)CC1CC2OCOC2CC1C. The minimum Gasteiger partial charge on any atom is -0.349 e. The first-order chi connectivity index (χ1) is 6.66. The van der Waals surface area contributed by atoms with Gasteiger partial charge in [-0.1, -0.05) is 20.8 Å². The number of hydrogen-bond acceptors (Lipinski definition) is 2. The second-order valence-electron chi connectivity index (χ2n) is 5.37. The van der Waals surface area contributed by atoms with Crippen molar-refractivity contribution in [3.8, 4) is 0 Å². The lowest BCUT2D eigenvalue weighted by Gasteiger charge is -2.35. The molecule has 0 aromatic heterocycles. The van der Waals surface area contributed by atoms with Gasteiger partial charge in [-0.15, -0.1) is 0 Å². The van der Waals surface area contributed by atoms with Crippen LogP contribution in [0.5, 0.6) is 0 Å². The summed E-state index contributed by atoms with van der Waals surface area (Å²) in [7, 11) is 0. The smallest absolute Gasteiger partial charge is 0.147 e. The standard InChI is InChI=1S/C12H22O2/c1-8(2)4-10-6-12-11(5-9(10)3)13-7-14-12/h8-12H,4-7H2,1-3H3. The Hall–Kier alpha value is -0.0800. The van der Waals surface area contributed by atoms with Gasteiger partial charge in [-0.2, -0.15) is 0 Å². The molecule has 0 aromatic carbocycles. The fourth-order valence-corrected chi connectivity index (χ4v) is 2.89. The molecule has 2 aliphatic rings. The van der Waals surface area contributed by atoms with Gasteiger partial charge in [0.2, 0.25) is 0 Å². The van der Waals surface area contributed by atoms with Crippen molar-refractivity contribution in [1.82, 2.24) is 0 Å². The van der Waals surface area contributed by atoms with Gasteiger partial charge in [0.25, 0.3) is 0 Å². The van der Waals surface area contributed by atoms with Crippen molar-refractivity contribution in [2.75, 3.05) is 6.79 Å². The van der Waals surface area contributed by atoms with Crippen LogP contribution in [-0.2, 0) is 9.47 Å². The largest absolute Gasteiger partial charge is 0.349 e. The van der Waals surface area contributed by atoms with Crippen molar-refractivity contribution in [3.05, 3.63) is 0 Å². The molecule has 2 nitrogen and oxygen atoms in total. The van der Waals surface area contributed by atoms with Crippen molar-refractivity contribution in [3.63, 3.8) is 0 Å². The fourth-order valence-electron chi connectivity index (χ4n) is 2.89. The summed E-state index contributed by atoms with van der Waals surface area (Å²) in [4.78, 5) is 0. The molecule has 0 N–H and O–H groups in total. The summed E-state index contributed by atoms with van der Waals surface area (Å²) in [6.45, 7) is 7.51. The van der Waals surface area contributed by atoms with Gasteiger partial charge in [0.15, 0.2) is 0 Å². The Morgan fingerprint density at radius 1 is 1.14 bits per heavy atom. The van der Waals surface area contributed by atoms with Gasteiger partial charge >= 0.3 is 0 Å². The minimum absolute atomic E-state index is 0.397. The van der Waals surface area contributed by atoms with Crippen LogP contribution in [0.1, 0.15) is 40.0 Å². The molecule has 4 atom stereocenters. The van der Waals surface area contributed by atoms with Crippen molar-refractivity contribution in [1.29, 1.82) is 0 Å². The number of hydrogen-bond donors (Lipinski definition) is 0. The average Bonchev–Trinajstić information content (AvgIpc) is 2.51. The Bertz CT molecular complexity index is 191. The van der Waals surface area contributed by atoms with Crippen molar-refractivity contribution in [2.24, 2.45) is 17.8 Å². The fraction of sp³-hybridized carbons (Fsp3) is 1.00. The molecule has 1 saturated carbocycles. The van der Waals surface area contributed by atoms with Crippen LogP contribution < -0.4 is 0 Å². The topological polar surface area (TPSA) is 18.5 Å². The van der Waals surface area contributed by atoms with E-state index in [4.69, 9.17) is 9.47 Å². The summed E-state index contributed by atoms with van der Waals surface area (Å²) in [6, 6.07) is 0. The van der Waals surface area contributed by atoms with E-state index in [1.54, 1.807) is 0 Å². The normalized spacial score (nSPS) is 42.9. The highest BCUT2D eigenvalue weighted by Gasteiger charge is 2.39. The zero-order chi connectivity index (χ0) is 10.1. The summed E-state index contributed by atoms with van der Waals surface area (Å²) in [5.41, 5.74) is 0. The molecule has 14 heavy (non-hydrogen) atoms. The summed E-state index contributed by atoms with van der Waals surface area (Å²) in [6.07, 6.45) is 4.54. The summed E-state index contributed by atoms with van der Waals surface area (Å²) in [5.74, 6) is 2.46. The van der Waals surface area contributed by atoms with Crippen molar-refractivity contribution in [2.45, 2.75) is 52.2 Å². The molecule has 1 aliphatic carbocycles. The van der Waals surface area contributed by atoms with E-state index in [0.717, 1.165) is 17.8 Å². The molecule has 2 rings (SSSR count). The maximum atomic E-state index is 5.59. The first-order valence-corrected chi connectivity index (χ1v) is 5.90. The van der Waals surface area contributed by atoms with Gasteiger partial charge < -0.3 is 9.47 Å². The maximum absolute atomic E-state index is 5.59. The van der Waals surface area contributed by atoms with E-state index in [9.17, 15) is 0 Å². The lowest BCUT2D eigenvalue weighted by molar-refractivity contribution is 0.0383. The monoisotopic (exact) mass is 198 g/mol. The molecule has 2 heteroatoms. The molecule has 0 bridgehead atoms. The molecule has 1 saturated heterocycles. The molecular weight excluding hydrogens is 176 g/mol. The second-order valence-corrected chi connectivity index (χ2v) is 5.37. The number of rotatable bonds is 2. The second kappa shape index (κ2) is 4.19. The highest BCUT2D eigenvalue weighted by atomic mass is 16.7. The molecule has 2 fully saturated rings. The first kappa shape index (κ1) is 10.4. The molecule has 0 spiro atoms. The van der Waals surface area contributed by atoms with E-state index in [0.29, 0.717) is 19.0 Å². The lowest BCUT2D eigenvalue weighted by Crippen LogP contribution is -2.36. The van der Waals surface area contributed by atoms with Crippen LogP contribution in [0.4, 0.5) is 0 Å². The van der Waals surface area contributed by atoms with Crippen LogP contribution in [0.2, 0.25) is 0 Å². The highest BCUT2D eigenvalue weighted by molar-refractivity contribution is 4.87. The highest BCUT2D eigenvalue weighted by Crippen LogP contribution is 2.38. The van der Waals surface area contributed by atoms with Crippen molar-refractivity contribution < 1.29 is 9.47 Å². The van der Waals surface area contributed by atoms with E-state index in [-0.39, 0.29) is 0 Å². The Morgan fingerprint density at radius 3 is 2.43 bits per heavy atom. The van der Waals surface area contributed by atoms with Crippen LogP contribution in [0.3, 0.4) is 0 Å². The van der Waals surface area contributed by atoms with Gasteiger partial charge in [-0.25, -0.2) is 0 Å². The van der Waals surface area contributed by atoms with Gasteiger partial charge in [0.1, 0.15) is 6.79 Å². The molecule has 4 unspecified atom stereocenters. The molecule has 0 aromatic rings. The summed E-state index contributed by atoms with van der Waals surface area (Å²) >= 11 is 0. The molecule has 82 valence electrons. The van der Waals surface area contributed by atoms with Crippen LogP contribution >= 0.6 is 0 Å². The van der Waals surface area contributed by atoms with Crippen LogP contribution in [-0.4, -0.2) is 19.0 Å². The zero-order valence-corrected chi connectivity index (χ0v) is 9.53. The van der Waals surface area contributed by atoms with Gasteiger partial charge in [0, 0.05) is 0 Å². The Morgan fingerprint density at radius 2 is 1.79 bits per heavy atom. The Kier molecular flexibility index (Phi) is 3.13. The van der Waals surface area contributed by atoms with E-state index >= 15 is 0 Å². The average molecular weight is 198 g/mol.